The minimum atomic E-state index is -5.08. The van der Waals surface area contributed by atoms with Crippen LogP contribution in [0.2, 0.25) is 0 Å². The number of amides is 1. The van der Waals surface area contributed by atoms with Crippen molar-refractivity contribution in [3.63, 3.8) is 0 Å². The van der Waals surface area contributed by atoms with Crippen molar-refractivity contribution in [1.82, 2.24) is 14.8 Å². The fourth-order valence-electron chi connectivity index (χ4n) is 3.49. The number of carboxylic acid groups (broad SMARTS) is 1. The van der Waals surface area contributed by atoms with Gasteiger partial charge in [0.1, 0.15) is 0 Å². The largest absolute Gasteiger partial charge is 0.490 e. The number of piperidine rings is 1. The van der Waals surface area contributed by atoms with E-state index >= 15 is 0 Å². The Hall–Kier alpha value is -1.68. The van der Waals surface area contributed by atoms with Gasteiger partial charge in [0.05, 0.1) is 17.5 Å². The first-order valence-corrected chi connectivity index (χ1v) is 9.68. The number of β-lactam (4-membered cyclic amide) rings is 1. The van der Waals surface area contributed by atoms with E-state index in [1.165, 1.54) is 4.88 Å². The van der Waals surface area contributed by atoms with Gasteiger partial charge in [-0.25, -0.2) is 4.79 Å². The number of carbonyl (C=O) groups excluding carboxylic acids is 1. The molecule has 2 aliphatic heterocycles. The monoisotopic (exact) mass is 407 g/mol. The molecule has 0 radical (unpaired) electrons. The molecule has 1 N–H and O–H groups in total. The Bertz CT molecular complexity index is 654. The van der Waals surface area contributed by atoms with Gasteiger partial charge in [-0.15, -0.1) is 11.3 Å². The second kappa shape index (κ2) is 8.55. The minimum absolute atomic E-state index is 0.0770. The molecular formula is C17H24F3N3O3S. The van der Waals surface area contributed by atoms with E-state index < -0.39 is 12.1 Å². The molecule has 3 rings (SSSR count). The highest BCUT2D eigenvalue weighted by Crippen LogP contribution is 2.41. The Morgan fingerprint density at radius 1 is 1.44 bits per heavy atom. The third-order valence-electron chi connectivity index (χ3n) is 5.13. The summed E-state index contributed by atoms with van der Waals surface area (Å²) in [7, 11) is 0. The zero-order chi connectivity index (χ0) is 20.2. The van der Waals surface area contributed by atoms with E-state index in [9.17, 15) is 18.0 Å². The standard InChI is InChI=1S/C15H23N3OS.C2HF3O2/c1-3-12(2)17-6-4-5-15(9-17)10-18(14(15)19)8-13-7-16-11-20-13;3-2(4,5)1(6)7/h7,11-12H,3-6,8-10H2,1-2H3;(H,6,7). The van der Waals surface area contributed by atoms with Crippen molar-refractivity contribution in [1.29, 1.82) is 0 Å². The van der Waals surface area contributed by atoms with E-state index in [0.717, 1.165) is 45.4 Å². The van der Waals surface area contributed by atoms with Crippen LogP contribution in [0.15, 0.2) is 11.7 Å². The SMILES string of the molecule is CCC(C)N1CCCC2(CN(Cc3cncs3)C2=O)C1.O=C(O)C(F)(F)F. The van der Waals surface area contributed by atoms with Crippen molar-refractivity contribution in [2.45, 2.75) is 51.9 Å². The Kier molecular flexibility index (Phi) is 6.85. The average molecular weight is 407 g/mol. The number of aromatic nitrogens is 1. The second-order valence-electron chi connectivity index (χ2n) is 7.04. The van der Waals surface area contributed by atoms with E-state index in [2.05, 4.69) is 23.7 Å². The number of aliphatic carboxylic acids is 1. The van der Waals surface area contributed by atoms with Gasteiger partial charge in [0, 0.05) is 30.2 Å². The van der Waals surface area contributed by atoms with Crippen molar-refractivity contribution in [3.05, 3.63) is 16.6 Å². The first-order valence-electron chi connectivity index (χ1n) is 8.80. The van der Waals surface area contributed by atoms with Crippen LogP contribution in [0.4, 0.5) is 13.2 Å². The molecule has 10 heteroatoms. The summed E-state index contributed by atoms with van der Waals surface area (Å²) in [6.45, 7) is 8.28. The first-order chi connectivity index (χ1) is 12.6. The summed E-state index contributed by atoms with van der Waals surface area (Å²) in [4.78, 5) is 31.3. The molecule has 0 bridgehead atoms. The molecule has 1 amide bonds. The maximum absolute atomic E-state index is 12.6. The summed E-state index contributed by atoms with van der Waals surface area (Å²) in [5, 5.41) is 7.12. The lowest BCUT2D eigenvalue weighted by molar-refractivity contribution is -0.192. The topological polar surface area (TPSA) is 73.7 Å². The van der Waals surface area contributed by atoms with Crippen LogP contribution >= 0.6 is 11.3 Å². The molecule has 2 atom stereocenters. The smallest absolute Gasteiger partial charge is 0.475 e. The number of hydrogen-bond acceptors (Lipinski definition) is 5. The molecule has 2 saturated heterocycles. The fourth-order valence-corrected chi connectivity index (χ4v) is 4.10. The number of hydrogen-bond donors (Lipinski definition) is 1. The van der Waals surface area contributed by atoms with Crippen molar-refractivity contribution in [2.75, 3.05) is 19.6 Å². The number of likely N-dealkylation sites (tertiary alicyclic amines) is 2. The van der Waals surface area contributed by atoms with Crippen molar-refractivity contribution < 1.29 is 27.9 Å². The Balaban J connectivity index is 0.000000321. The van der Waals surface area contributed by atoms with Gasteiger partial charge in [-0.2, -0.15) is 13.2 Å². The highest BCUT2D eigenvalue weighted by Gasteiger charge is 2.53. The number of alkyl halides is 3. The molecule has 1 aromatic heterocycles. The summed E-state index contributed by atoms with van der Waals surface area (Å²) < 4.78 is 31.7. The number of carboxylic acids is 1. The minimum Gasteiger partial charge on any atom is -0.475 e. The summed E-state index contributed by atoms with van der Waals surface area (Å²) >= 11 is 1.63. The van der Waals surface area contributed by atoms with Gasteiger partial charge >= 0.3 is 12.1 Å². The summed E-state index contributed by atoms with van der Waals surface area (Å²) in [5.74, 6) is -2.40. The van der Waals surface area contributed by atoms with Crippen molar-refractivity contribution in [3.8, 4) is 0 Å². The van der Waals surface area contributed by atoms with E-state index in [0.29, 0.717) is 11.9 Å². The van der Waals surface area contributed by atoms with Crippen LogP contribution in [0.5, 0.6) is 0 Å². The summed E-state index contributed by atoms with van der Waals surface area (Å²) in [6.07, 6.45) is 0.173. The predicted octanol–water partition coefficient (Wildman–Crippen LogP) is 3.00. The molecule has 2 aliphatic rings. The third-order valence-corrected chi connectivity index (χ3v) is 5.89. The molecule has 27 heavy (non-hydrogen) atoms. The quantitative estimate of drug-likeness (QED) is 0.777. The number of thiazole rings is 1. The van der Waals surface area contributed by atoms with E-state index in [1.807, 2.05) is 16.6 Å². The van der Waals surface area contributed by atoms with Crippen LogP contribution in [0.1, 0.15) is 38.0 Å². The molecule has 152 valence electrons. The lowest BCUT2D eigenvalue weighted by Gasteiger charge is -2.54. The van der Waals surface area contributed by atoms with Gasteiger partial charge < -0.3 is 10.0 Å². The Labute approximate surface area is 160 Å². The number of nitrogens with zero attached hydrogens (tertiary/aromatic N) is 3. The van der Waals surface area contributed by atoms with Crippen molar-refractivity contribution >= 4 is 23.2 Å². The number of carbonyl (C=O) groups is 2. The molecule has 1 spiro atoms. The molecule has 2 fully saturated rings. The molecule has 2 unspecified atom stereocenters. The summed E-state index contributed by atoms with van der Waals surface area (Å²) in [5.41, 5.74) is 1.76. The van der Waals surface area contributed by atoms with Crippen LogP contribution < -0.4 is 0 Å². The zero-order valence-corrected chi connectivity index (χ0v) is 16.1. The van der Waals surface area contributed by atoms with E-state index in [4.69, 9.17) is 9.90 Å². The molecule has 0 aliphatic carbocycles. The van der Waals surface area contributed by atoms with E-state index in [1.54, 1.807) is 11.3 Å². The van der Waals surface area contributed by atoms with Crippen LogP contribution in [0.25, 0.3) is 0 Å². The summed E-state index contributed by atoms with van der Waals surface area (Å²) in [6, 6.07) is 0.593. The number of halogens is 3. The Morgan fingerprint density at radius 2 is 2.11 bits per heavy atom. The highest BCUT2D eigenvalue weighted by molar-refractivity contribution is 7.09. The van der Waals surface area contributed by atoms with Gasteiger partial charge in [-0.3, -0.25) is 14.7 Å². The Morgan fingerprint density at radius 3 is 2.59 bits per heavy atom. The van der Waals surface area contributed by atoms with Gasteiger partial charge in [0.15, 0.2) is 0 Å². The van der Waals surface area contributed by atoms with Gasteiger partial charge in [0.25, 0.3) is 0 Å². The highest BCUT2D eigenvalue weighted by atomic mass is 32.1. The van der Waals surface area contributed by atoms with Crippen LogP contribution in [-0.2, 0) is 16.1 Å². The molecular weight excluding hydrogens is 383 g/mol. The third kappa shape index (κ3) is 5.19. The first kappa shape index (κ1) is 21.6. The lowest BCUT2D eigenvalue weighted by Crippen LogP contribution is -2.67. The normalized spacial score (nSPS) is 24.2. The zero-order valence-electron chi connectivity index (χ0n) is 15.3. The lowest BCUT2D eigenvalue weighted by atomic mass is 9.72. The van der Waals surface area contributed by atoms with Gasteiger partial charge in [-0.1, -0.05) is 6.92 Å². The van der Waals surface area contributed by atoms with Gasteiger partial charge in [-0.05, 0) is 32.7 Å². The van der Waals surface area contributed by atoms with Crippen molar-refractivity contribution in [2.24, 2.45) is 5.41 Å². The molecule has 1 aromatic rings. The number of rotatable bonds is 4. The van der Waals surface area contributed by atoms with Crippen LogP contribution in [0.3, 0.4) is 0 Å². The van der Waals surface area contributed by atoms with Gasteiger partial charge in [0.2, 0.25) is 5.91 Å². The molecule has 0 aromatic carbocycles. The molecule has 6 nitrogen and oxygen atoms in total. The maximum atomic E-state index is 12.6. The maximum Gasteiger partial charge on any atom is 0.490 e. The average Bonchev–Trinajstić information content (AvgIpc) is 3.13. The molecule has 0 saturated carbocycles. The second-order valence-corrected chi connectivity index (χ2v) is 8.01. The van der Waals surface area contributed by atoms with E-state index in [-0.39, 0.29) is 5.41 Å². The van der Waals surface area contributed by atoms with Crippen LogP contribution in [-0.4, -0.2) is 63.6 Å². The molecule has 3 heterocycles. The fraction of sp³-hybridized carbons (Fsp3) is 0.706. The predicted molar refractivity (Wildman–Crippen MR) is 94.2 cm³/mol. The van der Waals surface area contributed by atoms with Crippen LogP contribution in [0, 0.1) is 5.41 Å².